The molecular formula is C52H36FN7O. The summed E-state index contributed by atoms with van der Waals surface area (Å²) in [6.07, 6.45) is 1.17. The van der Waals surface area contributed by atoms with E-state index in [1.807, 2.05) is 72.8 Å². The predicted octanol–water partition coefficient (Wildman–Crippen LogP) is 11.4. The molecule has 0 saturated heterocycles. The van der Waals surface area contributed by atoms with Gasteiger partial charge in [0.25, 0.3) is 5.91 Å². The first-order chi connectivity index (χ1) is 30.0. The van der Waals surface area contributed by atoms with Crippen LogP contribution >= 0.6 is 0 Å². The largest absolute Gasteiger partial charge is 0.318 e. The Bertz CT molecular complexity index is 3320. The molecule has 1 aliphatic heterocycles. The topological polar surface area (TPSA) is 89.2 Å². The fraction of sp³-hybridized carbons (Fsp3) is 0.0769. The zero-order valence-corrected chi connectivity index (χ0v) is 32.9. The third-order valence-corrected chi connectivity index (χ3v) is 11.4. The average Bonchev–Trinajstić information content (AvgIpc) is 3.87. The highest BCUT2D eigenvalue weighted by Crippen LogP contribution is 2.36. The van der Waals surface area contributed by atoms with Gasteiger partial charge in [0.15, 0.2) is 5.65 Å². The van der Waals surface area contributed by atoms with Crippen molar-refractivity contribution in [3.63, 3.8) is 0 Å². The third-order valence-electron chi connectivity index (χ3n) is 11.4. The van der Waals surface area contributed by atoms with Crippen molar-refractivity contribution in [2.45, 2.75) is 25.4 Å². The van der Waals surface area contributed by atoms with Gasteiger partial charge in [-0.2, -0.15) is 5.10 Å². The fourth-order valence-electron chi connectivity index (χ4n) is 8.49. The quantitative estimate of drug-likeness (QED) is 0.153. The predicted molar refractivity (Wildman–Crippen MR) is 240 cm³/mol. The zero-order valence-electron chi connectivity index (χ0n) is 32.9. The van der Waals surface area contributed by atoms with Gasteiger partial charge in [0.1, 0.15) is 11.3 Å². The molecule has 1 aliphatic rings. The fourth-order valence-corrected chi connectivity index (χ4v) is 8.49. The van der Waals surface area contributed by atoms with E-state index in [1.54, 1.807) is 29.3 Å². The van der Waals surface area contributed by atoms with Crippen molar-refractivity contribution in [1.29, 1.82) is 0 Å². The van der Waals surface area contributed by atoms with Gasteiger partial charge < -0.3 is 4.57 Å². The van der Waals surface area contributed by atoms with Gasteiger partial charge >= 0.3 is 0 Å². The number of para-hydroxylation sites is 1. The summed E-state index contributed by atoms with van der Waals surface area (Å²) < 4.78 is 16.1. The maximum absolute atomic E-state index is 14.0. The second-order valence-electron chi connectivity index (χ2n) is 15.4. The van der Waals surface area contributed by atoms with Crippen LogP contribution in [0.3, 0.4) is 0 Å². The molecule has 61 heavy (non-hydrogen) atoms. The number of carbonyl (C=O) groups is 1. The number of hydrogen-bond donors (Lipinski definition) is 0. The molecule has 0 radical (unpaired) electrons. The Kier molecular flexibility index (Phi) is 8.92. The first-order valence-corrected chi connectivity index (χ1v) is 20.3. The molecular weight excluding hydrogens is 758 g/mol. The van der Waals surface area contributed by atoms with Crippen molar-refractivity contribution in [1.82, 2.24) is 29.5 Å². The van der Waals surface area contributed by atoms with E-state index in [0.717, 1.165) is 89.1 Å². The minimum absolute atomic E-state index is 0.209. The summed E-state index contributed by atoms with van der Waals surface area (Å²) in [7, 11) is 0. The van der Waals surface area contributed by atoms with Crippen LogP contribution in [0.1, 0.15) is 39.5 Å². The number of amides is 1. The van der Waals surface area contributed by atoms with Crippen molar-refractivity contribution in [3.8, 4) is 22.5 Å². The van der Waals surface area contributed by atoms with Crippen LogP contribution in [0.4, 0.5) is 4.39 Å². The monoisotopic (exact) mass is 793 g/mol. The van der Waals surface area contributed by atoms with E-state index in [0.29, 0.717) is 24.9 Å². The number of fused-ring (bicyclic) bond motifs is 5. The van der Waals surface area contributed by atoms with E-state index in [1.165, 1.54) is 12.1 Å². The lowest BCUT2D eigenvalue weighted by atomic mass is 10.0. The lowest BCUT2D eigenvalue weighted by Crippen LogP contribution is -2.27. The van der Waals surface area contributed by atoms with Crippen molar-refractivity contribution in [3.05, 3.63) is 204 Å². The number of rotatable bonds is 8. The van der Waals surface area contributed by atoms with Crippen LogP contribution in [0.25, 0.3) is 66.6 Å². The van der Waals surface area contributed by atoms with Crippen LogP contribution in [0, 0.1) is 5.82 Å². The first kappa shape index (κ1) is 36.2. The molecule has 8 nitrogen and oxygen atoms in total. The molecule has 0 saturated carbocycles. The number of hydrazone groups is 1. The lowest BCUT2D eigenvalue weighted by molar-refractivity contribution is 0.0711. The molecule has 11 rings (SSSR count). The molecule has 9 heteroatoms. The minimum Gasteiger partial charge on any atom is -0.318 e. The van der Waals surface area contributed by atoms with Crippen LogP contribution < -0.4 is 0 Å². The Hall–Kier alpha value is -7.91. The van der Waals surface area contributed by atoms with Gasteiger partial charge in [-0.15, -0.1) is 0 Å². The Morgan fingerprint density at radius 1 is 0.590 bits per heavy atom. The van der Waals surface area contributed by atoms with Crippen molar-refractivity contribution in [2.75, 3.05) is 0 Å². The van der Waals surface area contributed by atoms with Crippen LogP contribution in [0.2, 0.25) is 0 Å². The highest BCUT2D eigenvalue weighted by atomic mass is 19.1. The molecule has 10 aromatic rings. The van der Waals surface area contributed by atoms with Crippen LogP contribution in [-0.4, -0.2) is 41.1 Å². The molecule has 1 amide bonds. The Morgan fingerprint density at radius 2 is 1.16 bits per heavy atom. The zero-order chi connectivity index (χ0) is 40.9. The number of halogens is 1. The molecule has 0 fully saturated rings. The highest BCUT2D eigenvalue weighted by Gasteiger charge is 2.34. The van der Waals surface area contributed by atoms with E-state index >= 15 is 0 Å². The van der Waals surface area contributed by atoms with E-state index in [2.05, 4.69) is 71.3 Å². The molecule has 4 heterocycles. The van der Waals surface area contributed by atoms with Crippen molar-refractivity contribution in [2.24, 2.45) is 5.10 Å². The Labute approximate surface area is 350 Å². The summed E-state index contributed by atoms with van der Waals surface area (Å²) in [6, 6.07) is 56.3. The van der Waals surface area contributed by atoms with Gasteiger partial charge in [-0.05, 0) is 77.7 Å². The van der Waals surface area contributed by atoms with Gasteiger partial charge in [-0.25, -0.2) is 29.3 Å². The van der Waals surface area contributed by atoms with Crippen LogP contribution in [0.5, 0.6) is 0 Å². The van der Waals surface area contributed by atoms with Crippen LogP contribution in [0.15, 0.2) is 181 Å². The maximum atomic E-state index is 14.0. The summed E-state index contributed by atoms with van der Waals surface area (Å²) >= 11 is 0. The summed E-state index contributed by atoms with van der Waals surface area (Å²) in [5, 5.41) is 7.46. The minimum atomic E-state index is -0.381. The molecule has 0 N–H and O–H groups in total. The number of hydrogen-bond acceptors (Lipinski definition) is 6. The van der Waals surface area contributed by atoms with Gasteiger partial charge in [0, 0.05) is 28.5 Å². The molecule has 7 aromatic carbocycles. The molecule has 0 spiro atoms. The molecule has 0 bridgehead atoms. The van der Waals surface area contributed by atoms with Crippen molar-refractivity contribution >= 4 is 55.8 Å². The van der Waals surface area contributed by atoms with E-state index in [-0.39, 0.29) is 17.8 Å². The van der Waals surface area contributed by atoms with Crippen molar-refractivity contribution < 1.29 is 9.18 Å². The number of carbonyl (C=O) groups excluding carboxylic acids is 1. The standard InChI is InChI=1S/C52H36FN7O/c53-39-24-22-35(23-25-39)47-31-40(58-60(47)52(61)38-16-8-3-9-17-38)32-59-46-19-11-10-18-41(46)50-51(59)57-43-27-21-34(30-45(43)56-50)28-33-20-26-42-44(29-33)55-49(37-14-6-2-7-15-37)48(54-42)36-12-4-1-5-13-36/h1-27,29-30,47H,28,31-32H2. The smallest absolute Gasteiger partial charge is 0.274 e. The summed E-state index contributed by atoms with van der Waals surface area (Å²) in [5.41, 5.74) is 14.0. The summed E-state index contributed by atoms with van der Waals surface area (Å²) in [5.74, 6) is -0.537. The summed E-state index contributed by atoms with van der Waals surface area (Å²) in [6.45, 7) is 0.405. The van der Waals surface area contributed by atoms with Crippen LogP contribution in [-0.2, 0) is 13.0 Å². The third kappa shape index (κ3) is 6.76. The molecule has 292 valence electrons. The Balaban J connectivity index is 0.931. The molecule has 1 atom stereocenters. The lowest BCUT2D eigenvalue weighted by Gasteiger charge is -2.22. The van der Waals surface area contributed by atoms with E-state index in [4.69, 9.17) is 25.0 Å². The van der Waals surface area contributed by atoms with E-state index < -0.39 is 0 Å². The van der Waals surface area contributed by atoms with E-state index in [9.17, 15) is 9.18 Å². The molecule has 0 aliphatic carbocycles. The molecule has 3 aromatic heterocycles. The SMILES string of the molecule is O=C(c1ccccc1)N1N=C(Cn2c3ccccc3c3nc4cc(Cc5ccc6nc(-c7ccccc7)c(-c7ccccc7)nc6c5)ccc4nc32)CC1c1ccc(F)cc1. The maximum Gasteiger partial charge on any atom is 0.274 e. The average molecular weight is 794 g/mol. The molecule has 1 unspecified atom stereocenters. The second kappa shape index (κ2) is 15.0. The van der Waals surface area contributed by atoms with Gasteiger partial charge in [0.2, 0.25) is 0 Å². The number of aromatic nitrogens is 5. The number of benzene rings is 7. The summed E-state index contributed by atoms with van der Waals surface area (Å²) in [4.78, 5) is 34.6. The second-order valence-corrected chi connectivity index (χ2v) is 15.4. The first-order valence-electron chi connectivity index (χ1n) is 20.3. The highest BCUT2D eigenvalue weighted by molar-refractivity contribution is 6.07. The normalized spacial score (nSPS) is 14.0. The van der Waals surface area contributed by atoms with Gasteiger partial charge in [-0.1, -0.05) is 121 Å². The van der Waals surface area contributed by atoms with Gasteiger partial charge in [-0.3, -0.25) is 4.79 Å². The van der Waals surface area contributed by atoms with Gasteiger partial charge in [0.05, 0.1) is 57.3 Å². The Morgan fingerprint density at radius 3 is 1.84 bits per heavy atom. The number of nitrogens with zero attached hydrogens (tertiary/aromatic N) is 7.